The van der Waals surface area contributed by atoms with Crippen molar-refractivity contribution < 1.29 is 0 Å². The van der Waals surface area contributed by atoms with E-state index in [-0.39, 0.29) is 0 Å². The van der Waals surface area contributed by atoms with Crippen LogP contribution in [0.1, 0.15) is 31.9 Å². The Morgan fingerprint density at radius 3 is 2.80 bits per heavy atom. The molecule has 0 bridgehead atoms. The minimum Gasteiger partial charge on any atom is -0.384 e. The summed E-state index contributed by atoms with van der Waals surface area (Å²) >= 11 is 0. The van der Waals surface area contributed by atoms with E-state index < -0.39 is 0 Å². The Hall–Kier alpha value is -1.09. The summed E-state index contributed by atoms with van der Waals surface area (Å²) in [4.78, 5) is 4.32. The average molecular weight is 207 g/mol. The highest BCUT2D eigenvalue weighted by Gasteiger charge is 2.07. The first-order valence-electron chi connectivity index (χ1n) is 5.67. The van der Waals surface area contributed by atoms with Crippen molar-refractivity contribution in [2.75, 3.05) is 12.3 Å². The summed E-state index contributed by atoms with van der Waals surface area (Å²) in [7, 11) is 0. The highest BCUT2D eigenvalue weighted by molar-refractivity contribution is 5.28. The molecule has 1 rings (SSSR count). The quantitative estimate of drug-likeness (QED) is 0.749. The maximum Gasteiger partial charge on any atom is 0.123 e. The third-order valence-corrected chi connectivity index (χ3v) is 2.72. The molecule has 1 atom stereocenters. The third-order valence-electron chi connectivity index (χ3n) is 2.72. The largest absolute Gasteiger partial charge is 0.384 e. The molecular formula is C12H21N3. The number of rotatable bonds is 6. The van der Waals surface area contributed by atoms with Crippen LogP contribution in [0.5, 0.6) is 0 Å². The maximum atomic E-state index is 5.64. The molecule has 0 aromatic carbocycles. The zero-order valence-corrected chi connectivity index (χ0v) is 9.45. The van der Waals surface area contributed by atoms with Crippen molar-refractivity contribution in [1.82, 2.24) is 4.98 Å². The standard InChI is InChI=1S/C12H21N3/c1-2-10(5-4-8-13)9-11-6-3-7-12(14)15-11/h3,6-7,10H,2,4-5,8-9,13H2,1H3,(H2,14,15). The van der Waals surface area contributed by atoms with Gasteiger partial charge in [-0.25, -0.2) is 4.98 Å². The molecule has 0 amide bonds. The van der Waals surface area contributed by atoms with Crippen LogP contribution in [0.25, 0.3) is 0 Å². The van der Waals surface area contributed by atoms with Crippen LogP contribution in [0.15, 0.2) is 18.2 Å². The first kappa shape index (κ1) is 12.0. The van der Waals surface area contributed by atoms with Crippen LogP contribution in [0.4, 0.5) is 5.82 Å². The number of nitrogens with two attached hydrogens (primary N) is 2. The van der Waals surface area contributed by atoms with Gasteiger partial charge in [-0.1, -0.05) is 19.4 Å². The number of nitrogens with zero attached hydrogens (tertiary/aromatic N) is 1. The van der Waals surface area contributed by atoms with Gasteiger partial charge in [0.25, 0.3) is 0 Å². The lowest BCUT2D eigenvalue weighted by molar-refractivity contribution is 0.451. The van der Waals surface area contributed by atoms with Crippen molar-refractivity contribution in [3.63, 3.8) is 0 Å². The van der Waals surface area contributed by atoms with Crippen LogP contribution < -0.4 is 11.5 Å². The van der Waals surface area contributed by atoms with E-state index in [2.05, 4.69) is 11.9 Å². The third kappa shape index (κ3) is 4.30. The molecule has 84 valence electrons. The zero-order chi connectivity index (χ0) is 11.1. The fourth-order valence-electron chi connectivity index (χ4n) is 1.76. The first-order valence-corrected chi connectivity index (χ1v) is 5.67. The monoisotopic (exact) mass is 207 g/mol. The van der Waals surface area contributed by atoms with Crippen LogP contribution in [-0.4, -0.2) is 11.5 Å². The van der Waals surface area contributed by atoms with E-state index in [0.717, 1.165) is 25.1 Å². The van der Waals surface area contributed by atoms with Gasteiger partial charge in [-0.2, -0.15) is 0 Å². The first-order chi connectivity index (χ1) is 7.26. The van der Waals surface area contributed by atoms with Crippen molar-refractivity contribution >= 4 is 5.82 Å². The molecule has 0 aliphatic rings. The summed E-state index contributed by atoms with van der Waals surface area (Å²) in [5, 5.41) is 0. The summed E-state index contributed by atoms with van der Waals surface area (Å²) in [5.41, 5.74) is 12.3. The van der Waals surface area contributed by atoms with Gasteiger partial charge in [-0.05, 0) is 43.9 Å². The minimum atomic E-state index is 0.612. The molecule has 1 aromatic rings. The number of hydrogen-bond donors (Lipinski definition) is 2. The highest BCUT2D eigenvalue weighted by atomic mass is 14.8. The second-order valence-electron chi connectivity index (χ2n) is 3.96. The van der Waals surface area contributed by atoms with Gasteiger partial charge in [0.15, 0.2) is 0 Å². The van der Waals surface area contributed by atoms with Crippen LogP contribution in [0.3, 0.4) is 0 Å². The highest BCUT2D eigenvalue weighted by Crippen LogP contribution is 2.16. The molecule has 0 spiro atoms. The van der Waals surface area contributed by atoms with E-state index >= 15 is 0 Å². The zero-order valence-electron chi connectivity index (χ0n) is 9.45. The van der Waals surface area contributed by atoms with Crippen molar-refractivity contribution in [3.05, 3.63) is 23.9 Å². The molecule has 1 heterocycles. The SMILES string of the molecule is CCC(CCCN)Cc1cccc(N)n1. The van der Waals surface area contributed by atoms with E-state index in [1.54, 1.807) is 0 Å². The predicted octanol–water partition coefficient (Wildman–Crippen LogP) is 1.97. The van der Waals surface area contributed by atoms with Crippen molar-refractivity contribution in [1.29, 1.82) is 0 Å². The van der Waals surface area contributed by atoms with Crippen LogP contribution in [0.2, 0.25) is 0 Å². The summed E-state index contributed by atoms with van der Waals surface area (Å²) in [5.74, 6) is 1.30. The second-order valence-corrected chi connectivity index (χ2v) is 3.96. The van der Waals surface area contributed by atoms with E-state index in [0.29, 0.717) is 11.7 Å². The molecule has 0 fully saturated rings. The molecule has 0 saturated carbocycles. The molecule has 3 nitrogen and oxygen atoms in total. The molecule has 1 aromatic heterocycles. The molecule has 0 aliphatic heterocycles. The topological polar surface area (TPSA) is 64.9 Å². The van der Waals surface area contributed by atoms with Crippen molar-refractivity contribution in [2.45, 2.75) is 32.6 Å². The fraction of sp³-hybridized carbons (Fsp3) is 0.583. The number of anilines is 1. The summed E-state index contributed by atoms with van der Waals surface area (Å²) < 4.78 is 0. The van der Waals surface area contributed by atoms with Gasteiger partial charge in [0, 0.05) is 5.69 Å². The molecule has 0 saturated heterocycles. The lowest BCUT2D eigenvalue weighted by Gasteiger charge is -2.13. The van der Waals surface area contributed by atoms with Crippen LogP contribution in [0, 0.1) is 5.92 Å². The summed E-state index contributed by atoms with van der Waals surface area (Å²) in [6.07, 6.45) is 4.47. The Balaban J connectivity index is 2.50. The van der Waals surface area contributed by atoms with E-state index in [1.807, 2.05) is 18.2 Å². The van der Waals surface area contributed by atoms with Gasteiger partial charge in [-0.15, -0.1) is 0 Å². The van der Waals surface area contributed by atoms with E-state index in [9.17, 15) is 0 Å². The Labute approximate surface area is 91.9 Å². The number of nitrogen functional groups attached to an aromatic ring is 1. The number of hydrogen-bond acceptors (Lipinski definition) is 3. The van der Waals surface area contributed by atoms with E-state index in [1.165, 1.54) is 12.8 Å². The predicted molar refractivity (Wildman–Crippen MR) is 64.4 cm³/mol. The van der Waals surface area contributed by atoms with Crippen LogP contribution in [-0.2, 0) is 6.42 Å². The fourth-order valence-corrected chi connectivity index (χ4v) is 1.76. The maximum absolute atomic E-state index is 5.64. The molecule has 3 heteroatoms. The molecule has 1 unspecified atom stereocenters. The molecule has 4 N–H and O–H groups in total. The minimum absolute atomic E-state index is 0.612. The van der Waals surface area contributed by atoms with Gasteiger partial charge in [0.05, 0.1) is 0 Å². The number of pyridine rings is 1. The Kier molecular flexibility index (Phi) is 5.12. The molecular weight excluding hydrogens is 186 g/mol. The Bertz CT molecular complexity index is 286. The van der Waals surface area contributed by atoms with Gasteiger partial charge in [0.2, 0.25) is 0 Å². The Morgan fingerprint density at radius 1 is 1.40 bits per heavy atom. The van der Waals surface area contributed by atoms with Crippen molar-refractivity contribution in [2.24, 2.45) is 11.7 Å². The van der Waals surface area contributed by atoms with Gasteiger partial charge in [-0.3, -0.25) is 0 Å². The van der Waals surface area contributed by atoms with Gasteiger partial charge < -0.3 is 11.5 Å². The second kappa shape index (κ2) is 6.40. The lowest BCUT2D eigenvalue weighted by Crippen LogP contribution is -2.08. The van der Waals surface area contributed by atoms with Gasteiger partial charge >= 0.3 is 0 Å². The lowest BCUT2D eigenvalue weighted by atomic mass is 9.95. The van der Waals surface area contributed by atoms with E-state index in [4.69, 9.17) is 11.5 Å². The normalized spacial score (nSPS) is 12.7. The van der Waals surface area contributed by atoms with Crippen LogP contribution >= 0.6 is 0 Å². The number of aromatic nitrogens is 1. The summed E-state index contributed by atoms with van der Waals surface area (Å²) in [6.45, 7) is 2.99. The average Bonchev–Trinajstić information content (AvgIpc) is 2.24. The summed E-state index contributed by atoms with van der Waals surface area (Å²) in [6, 6.07) is 5.83. The molecule has 0 aliphatic carbocycles. The van der Waals surface area contributed by atoms with Gasteiger partial charge in [0.1, 0.15) is 5.82 Å². The smallest absolute Gasteiger partial charge is 0.123 e. The molecule has 15 heavy (non-hydrogen) atoms. The Morgan fingerprint density at radius 2 is 2.20 bits per heavy atom. The van der Waals surface area contributed by atoms with Crippen molar-refractivity contribution in [3.8, 4) is 0 Å². The molecule has 0 radical (unpaired) electrons.